The molecule has 1 aliphatic heterocycles. The van der Waals surface area contributed by atoms with Crippen molar-refractivity contribution >= 4 is 0 Å². The van der Waals surface area contributed by atoms with Gasteiger partial charge < -0.3 is 4.90 Å². The second-order valence-corrected chi connectivity index (χ2v) is 4.23. The monoisotopic (exact) mass is 153 g/mol. The fourth-order valence-electron chi connectivity index (χ4n) is 2.87. The molecule has 2 aliphatic rings. The van der Waals surface area contributed by atoms with Crippen LogP contribution < -0.4 is 0 Å². The molecule has 0 aromatic rings. The minimum Gasteiger partial charge on any atom is -0.303 e. The lowest BCUT2D eigenvalue weighted by atomic mass is 9.79. The molecule has 0 N–H and O–H groups in total. The predicted molar refractivity (Wildman–Crippen MR) is 47.6 cm³/mol. The van der Waals surface area contributed by atoms with Crippen molar-refractivity contribution in [2.75, 3.05) is 13.6 Å². The Hall–Kier alpha value is -0.0400. The summed E-state index contributed by atoms with van der Waals surface area (Å²) in [7, 11) is 2.31. The number of hydrogen-bond donors (Lipinski definition) is 0. The normalized spacial score (nSPS) is 40.1. The van der Waals surface area contributed by atoms with Gasteiger partial charge in [-0.1, -0.05) is 12.8 Å². The first kappa shape index (κ1) is 7.60. The van der Waals surface area contributed by atoms with Crippen LogP contribution in [-0.2, 0) is 0 Å². The Balaban J connectivity index is 1.99. The zero-order valence-electron chi connectivity index (χ0n) is 7.55. The van der Waals surface area contributed by atoms with Crippen molar-refractivity contribution in [3.8, 4) is 0 Å². The van der Waals surface area contributed by atoms with Gasteiger partial charge in [0.2, 0.25) is 0 Å². The molecule has 0 bridgehead atoms. The standard InChI is InChI=1S/C10H19N/c1-11-8-4-6-9-5-2-3-7-10(9)11/h9-10H,2-8H2,1H3. The number of likely N-dealkylation sites (tertiary alicyclic amines) is 1. The second kappa shape index (κ2) is 3.14. The molecule has 1 nitrogen and oxygen atoms in total. The van der Waals surface area contributed by atoms with E-state index in [0.717, 1.165) is 12.0 Å². The van der Waals surface area contributed by atoms with Crippen molar-refractivity contribution in [3.63, 3.8) is 0 Å². The fourth-order valence-corrected chi connectivity index (χ4v) is 2.87. The van der Waals surface area contributed by atoms with E-state index in [4.69, 9.17) is 0 Å². The van der Waals surface area contributed by atoms with Gasteiger partial charge in [0.15, 0.2) is 0 Å². The first-order valence-electron chi connectivity index (χ1n) is 5.08. The van der Waals surface area contributed by atoms with Crippen LogP contribution in [0.3, 0.4) is 0 Å². The van der Waals surface area contributed by atoms with Crippen LogP contribution in [0.4, 0.5) is 0 Å². The highest BCUT2D eigenvalue weighted by molar-refractivity contribution is 4.85. The van der Waals surface area contributed by atoms with Gasteiger partial charge in [-0.25, -0.2) is 0 Å². The molecule has 64 valence electrons. The molecule has 0 aromatic carbocycles. The van der Waals surface area contributed by atoms with Crippen molar-refractivity contribution in [3.05, 3.63) is 0 Å². The molecule has 1 heterocycles. The number of rotatable bonds is 0. The van der Waals surface area contributed by atoms with Crippen molar-refractivity contribution in [1.82, 2.24) is 4.90 Å². The highest BCUT2D eigenvalue weighted by Crippen LogP contribution is 2.34. The summed E-state index contributed by atoms with van der Waals surface area (Å²) in [6.07, 6.45) is 8.91. The van der Waals surface area contributed by atoms with E-state index in [1.54, 1.807) is 0 Å². The summed E-state index contributed by atoms with van der Waals surface area (Å²) in [4.78, 5) is 2.59. The quantitative estimate of drug-likeness (QED) is 0.516. The molecule has 0 amide bonds. The molecule has 1 saturated carbocycles. The molecule has 1 saturated heterocycles. The van der Waals surface area contributed by atoms with Crippen LogP contribution in [0.2, 0.25) is 0 Å². The fraction of sp³-hybridized carbons (Fsp3) is 1.00. The average Bonchev–Trinajstić information content (AvgIpc) is 2.06. The van der Waals surface area contributed by atoms with Gasteiger partial charge in [0, 0.05) is 6.04 Å². The molecule has 11 heavy (non-hydrogen) atoms. The van der Waals surface area contributed by atoms with E-state index < -0.39 is 0 Å². The van der Waals surface area contributed by atoms with Crippen molar-refractivity contribution in [2.45, 2.75) is 44.6 Å². The molecule has 0 spiro atoms. The summed E-state index contributed by atoms with van der Waals surface area (Å²) in [5.41, 5.74) is 0. The summed E-state index contributed by atoms with van der Waals surface area (Å²) in [6, 6.07) is 0.956. The number of fused-ring (bicyclic) bond motifs is 1. The van der Waals surface area contributed by atoms with E-state index in [9.17, 15) is 0 Å². The van der Waals surface area contributed by atoms with Crippen LogP contribution in [0.15, 0.2) is 0 Å². The lowest BCUT2D eigenvalue weighted by Gasteiger charge is -2.42. The van der Waals surface area contributed by atoms with E-state index >= 15 is 0 Å². The summed E-state index contributed by atoms with van der Waals surface area (Å²) in [5.74, 6) is 1.06. The minimum atomic E-state index is 0.956. The minimum absolute atomic E-state index is 0.956. The first-order valence-corrected chi connectivity index (χ1v) is 5.08. The van der Waals surface area contributed by atoms with Crippen LogP contribution in [0.25, 0.3) is 0 Å². The predicted octanol–water partition coefficient (Wildman–Crippen LogP) is 2.27. The number of piperidine rings is 1. The summed E-state index contributed by atoms with van der Waals surface area (Å²) < 4.78 is 0. The Morgan fingerprint density at radius 1 is 1.00 bits per heavy atom. The molecule has 2 unspecified atom stereocenters. The highest BCUT2D eigenvalue weighted by Gasteiger charge is 2.30. The third-order valence-electron chi connectivity index (χ3n) is 3.52. The largest absolute Gasteiger partial charge is 0.303 e. The lowest BCUT2D eigenvalue weighted by molar-refractivity contribution is 0.0841. The average molecular weight is 153 g/mol. The van der Waals surface area contributed by atoms with E-state index in [2.05, 4.69) is 11.9 Å². The van der Waals surface area contributed by atoms with Gasteiger partial charge in [-0.2, -0.15) is 0 Å². The van der Waals surface area contributed by atoms with Crippen molar-refractivity contribution in [2.24, 2.45) is 5.92 Å². The van der Waals surface area contributed by atoms with Crippen LogP contribution in [-0.4, -0.2) is 24.5 Å². The topological polar surface area (TPSA) is 3.24 Å². The highest BCUT2D eigenvalue weighted by atomic mass is 15.1. The van der Waals surface area contributed by atoms with E-state index in [0.29, 0.717) is 0 Å². The van der Waals surface area contributed by atoms with E-state index in [1.165, 1.54) is 45.1 Å². The van der Waals surface area contributed by atoms with Gasteiger partial charge in [-0.15, -0.1) is 0 Å². The van der Waals surface area contributed by atoms with E-state index in [-0.39, 0.29) is 0 Å². The van der Waals surface area contributed by atoms with Gasteiger partial charge in [0.25, 0.3) is 0 Å². The molecule has 1 heteroatoms. The van der Waals surface area contributed by atoms with Crippen LogP contribution in [0.5, 0.6) is 0 Å². The molecular formula is C10H19N. The maximum Gasteiger partial charge on any atom is 0.0120 e. The van der Waals surface area contributed by atoms with E-state index in [1.807, 2.05) is 0 Å². The molecule has 2 atom stereocenters. The summed E-state index contributed by atoms with van der Waals surface area (Å²) in [6.45, 7) is 1.35. The summed E-state index contributed by atoms with van der Waals surface area (Å²) >= 11 is 0. The Morgan fingerprint density at radius 2 is 1.73 bits per heavy atom. The Labute approximate surface area is 69.8 Å². The third-order valence-corrected chi connectivity index (χ3v) is 3.52. The zero-order valence-corrected chi connectivity index (χ0v) is 7.55. The number of hydrogen-bond acceptors (Lipinski definition) is 1. The van der Waals surface area contributed by atoms with Crippen LogP contribution in [0, 0.1) is 5.92 Å². The van der Waals surface area contributed by atoms with Gasteiger partial charge in [0.05, 0.1) is 0 Å². The molecule has 2 rings (SSSR count). The molecule has 0 aromatic heterocycles. The van der Waals surface area contributed by atoms with Crippen LogP contribution >= 0.6 is 0 Å². The maximum atomic E-state index is 2.59. The van der Waals surface area contributed by atoms with Crippen molar-refractivity contribution < 1.29 is 0 Å². The van der Waals surface area contributed by atoms with Crippen LogP contribution in [0.1, 0.15) is 38.5 Å². The Bertz CT molecular complexity index is 131. The van der Waals surface area contributed by atoms with Gasteiger partial charge in [-0.05, 0) is 45.2 Å². The van der Waals surface area contributed by atoms with Gasteiger partial charge >= 0.3 is 0 Å². The van der Waals surface area contributed by atoms with Gasteiger partial charge in [-0.3, -0.25) is 0 Å². The Morgan fingerprint density at radius 3 is 2.55 bits per heavy atom. The third kappa shape index (κ3) is 1.44. The second-order valence-electron chi connectivity index (χ2n) is 4.23. The lowest BCUT2D eigenvalue weighted by Crippen LogP contribution is -2.44. The first-order chi connectivity index (χ1) is 5.38. The molecule has 2 fully saturated rings. The Kier molecular flexibility index (Phi) is 2.17. The van der Waals surface area contributed by atoms with Gasteiger partial charge in [0.1, 0.15) is 0 Å². The molecule has 0 radical (unpaired) electrons. The zero-order chi connectivity index (χ0) is 7.68. The summed E-state index contributed by atoms with van der Waals surface area (Å²) in [5, 5.41) is 0. The molecule has 1 aliphatic carbocycles. The maximum absolute atomic E-state index is 2.59. The molecular weight excluding hydrogens is 134 g/mol. The number of nitrogens with zero attached hydrogens (tertiary/aromatic N) is 1. The SMILES string of the molecule is CN1CCCC2CCCCC21. The smallest absolute Gasteiger partial charge is 0.0120 e. The van der Waals surface area contributed by atoms with Crippen molar-refractivity contribution in [1.29, 1.82) is 0 Å².